The molecule has 2 aliphatic carbocycles. The van der Waals surface area contributed by atoms with Crippen LogP contribution in [0.15, 0.2) is 0 Å². The minimum Gasteiger partial charge on any atom is -0.314 e. The van der Waals surface area contributed by atoms with Gasteiger partial charge in [-0.25, -0.2) is 0 Å². The molecular weight excluding hydrogens is 208 g/mol. The standard InChI is InChI=1S/C15H26N2/c1-2-12-7-14(3-1)17(10-12)15-6-11-4-5-13(8-15)16-9-11/h11-16H,1-10H2. The van der Waals surface area contributed by atoms with Crippen LogP contribution in [-0.2, 0) is 0 Å². The van der Waals surface area contributed by atoms with Crippen LogP contribution >= 0.6 is 0 Å². The molecule has 5 rings (SSSR count). The van der Waals surface area contributed by atoms with Crippen LogP contribution in [0.3, 0.4) is 0 Å². The Labute approximate surface area is 105 Å². The highest BCUT2D eigenvalue weighted by Crippen LogP contribution is 2.40. The minimum absolute atomic E-state index is 0.846. The van der Waals surface area contributed by atoms with Crippen molar-refractivity contribution in [1.82, 2.24) is 10.2 Å². The normalized spacial score (nSPS) is 50.5. The average molecular weight is 234 g/mol. The smallest absolute Gasteiger partial charge is 0.0116 e. The third kappa shape index (κ3) is 1.94. The molecule has 0 aromatic carbocycles. The van der Waals surface area contributed by atoms with Crippen LogP contribution in [0.5, 0.6) is 0 Å². The van der Waals surface area contributed by atoms with E-state index in [0.717, 1.165) is 30.0 Å². The fourth-order valence-electron chi connectivity index (χ4n) is 5.08. The van der Waals surface area contributed by atoms with Gasteiger partial charge in [0.15, 0.2) is 0 Å². The summed E-state index contributed by atoms with van der Waals surface area (Å²) in [5.41, 5.74) is 0. The van der Waals surface area contributed by atoms with Gasteiger partial charge in [-0.3, -0.25) is 4.90 Å². The molecule has 3 aliphatic heterocycles. The number of hydrogen-bond donors (Lipinski definition) is 1. The maximum atomic E-state index is 3.77. The second-order valence-corrected chi connectivity index (χ2v) is 7.06. The fraction of sp³-hybridized carbons (Fsp3) is 1.00. The second kappa shape index (κ2) is 4.24. The van der Waals surface area contributed by atoms with Crippen molar-refractivity contribution in [1.29, 1.82) is 0 Å². The van der Waals surface area contributed by atoms with Gasteiger partial charge in [0.05, 0.1) is 0 Å². The first-order chi connectivity index (χ1) is 8.38. The Kier molecular flexibility index (Phi) is 2.69. The summed E-state index contributed by atoms with van der Waals surface area (Å²) in [6, 6.07) is 2.74. The maximum absolute atomic E-state index is 3.77. The Morgan fingerprint density at radius 2 is 1.76 bits per heavy atom. The van der Waals surface area contributed by atoms with Gasteiger partial charge in [-0.2, -0.15) is 0 Å². The highest BCUT2D eigenvalue weighted by atomic mass is 15.2. The number of piperidine rings is 1. The molecule has 0 spiro atoms. The Bertz CT molecular complexity index is 269. The average Bonchev–Trinajstić information content (AvgIpc) is 2.57. The van der Waals surface area contributed by atoms with Gasteiger partial charge in [-0.05, 0) is 63.3 Å². The molecule has 2 heteroatoms. The van der Waals surface area contributed by atoms with Crippen LogP contribution in [0.2, 0.25) is 0 Å². The molecule has 2 saturated carbocycles. The van der Waals surface area contributed by atoms with E-state index in [2.05, 4.69) is 10.2 Å². The molecular formula is C15H26N2. The zero-order chi connectivity index (χ0) is 11.2. The van der Waals surface area contributed by atoms with E-state index in [1.807, 2.05) is 0 Å². The van der Waals surface area contributed by atoms with Crippen LogP contribution < -0.4 is 5.32 Å². The molecule has 0 aromatic heterocycles. The van der Waals surface area contributed by atoms with E-state index in [9.17, 15) is 0 Å². The van der Waals surface area contributed by atoms with Crippen molar-refractivity contribution >= 4 is 0 Å². The van der Waals surface area contributed by atoms with Crippen molar-refractivity contribution in [2.75, 3.05) is 13.1 Å². The highest BCUT2D eigenvalue weighted by Gasteiger charge is 2.41. The number of likely N-dealkylation sites (tertiary alicyclic amines) is 1. The lowest BCUT2D eigenvalue weighted by Gasteiger charge is -2.33. The first-order valence-electron chi connectivity index (χ1n) is 7.87. The van der Waals surface area contributed by atoms with Crippen molar-refractivity contribution in [3.8, 4) is 0 Å². The molecule has 0 radical (unpaired) electrons. The highest BCUT2D eigenvalue weighted by molar-refractivity contribution is 4.97. The predicted molar refractivity (Wildman–Crippen MR) is 70.0 cm³/mol. The van der Waals surface area contributed by atoms with Gasteiger partial charge in [0.2, 0.25) is 0 Å². The van der Waals surface area contributed by atoms with Crippen LogP contribution in [0, 0.1) is 11.8 Å². The Morgan fingerprint density at radius 3 is 2.59 bits per heavy atom. The summed E-state index contributed by atoms with van der Waals surface area (Å²) in [7, 11) is 0. The Balaban J connectivity index is 1.51. The summed E-state index contributed by atoms with van der Waals surface area (Å²) in [6.45, 7) is 2.75. The first kappa shape index (κ1) is 10.8. The fourth-order valence-corrected chi connectivity index (χ4v) is 5.08. The van der Waals surface area contributed by atoms with Gasteiger partial charge in [0, 0.05) is 24.7 Å². The molecule has 3 saturated heterocycles. The van der Waals surface area contributed by atoms with E-state index in [4.69, 9.17) is 0 Å². The first-order valence-corrected chi connectivity index (χ1v) is 7.87. The lowest BCUT2D eigenvalue weighted by Crippen LogP contribution is -2.41. The molecule has 5 fully saturated rings. The van der Waals surface area contributed by atoms with Crippen LogP contribution in [0.4, 0.5) is 0 Å². The van der Waals surface area contributed by atoms with Crippen molar-refractivity contribution in [2.45, 2.75) is 69.5 Å². The summed E-state index contributed by atoms with van der Waals surface area (Å²) in [4.78, 5) is 2.94. The number of rotatable bonds is 1. The van der Waals surface area contributed by atoms with Crippen LogP contribution in [-0.4, -0.2) is 36.1 Å². The molecule has 1 N–H and O–H groups in total. The molecule has 17 heavy (non-hydrogen) atoms. The molecule has 5 unspecified atom stereocenters. The van der Waals surface area contributed by atoms with Crippen LogP contribution in [0.1, 0.15) is 51.4 Å². The summed E-state index contributed by atoms with van der Waals surface area (Å²) >= 11 is 0. The molecule has 2 nitrogen and oxygen atoms in total. The summed E-state index contributed by atoms with van der Waals surface area (Å²) in [6.07, 6.45) is 11.9. The van der Waals surface area contributed by atoms with Crippen molar-refractivity contribution in [3.05, 3.63) is 0 Å². The van der Waals surface area contributed by atoms with Gasteiger partial charge in [0.1, 0.15) is 0 Å². The lowest BCUT2D eigenvalue weighted by molar-refractivity contribution is 0.152. The summed E-state index contributed by atoms with van der Waals surface area (Å²) < 4.78 is 0. The zero-order valence-corrected chi connectivity index (χ0v) is 10.9. The van der Waals surface area contributed by atoms with Crippen LogP contribution in [0.25, 0.3) is 0 Å². The topological polar surface area (TPSA) is 15.3 Å². The van der Waals surface area contributed by atoms with E-state index in [1.54, 1.807) is 0 Å². The summed E-state index contributed by atoms with van der Waals surface area (Å²) in [5.74, 6) is 2.04. The van der Waals surface area contributed by atoms with Crippen molar-refractivity contribution < 1.29 is 0 Å². The maximum Gasteiger partial charge on any atom is 0.0116 e. The van der Waals surface area contributed by atoms with Gasteiger partial charge >= 0.3 is 0 Å². The molecule has 3 heterocycles. The lowest BCUT2D eigenvalue weighted by atomic mass is 9.90. The zero-order valence-electron chi connectivity index (χ0n) is 10.9. The summed E-state index contributed by atoms with van der Waals surface area (Å²) in [5, 5.41) is 3.77. The SMILES string of the molecule is C1CC2CC(C1)N(C1CC3CCC(C1)NC3)C2. The predicted octanol–water partition coefficient (Wildman–Crippen LogP) is 2.39. The third-order valence-electron chi connectivity index (χ3n) is 5.94. The molecule has 0 amide bonds. The second-order valence-electron chi connectivity index (χ2n) is 7.06. The molecule has 0 aromatic rings. The largest absolute Gasteiger partial charge is 0.314 e. The number of fused-ring (bicyclic) bond motifs is 6. The molecule has 96 valence electrons. The van der Waals surface area contributed by atoms with Gasteiger partial charge in [0.25, 0.3) is 0 Å². The number of nitrogens with zero attached hydrogens (tertiary/aromatic N) is 1. The monoisotopic (exact) mass is 234 g/mol. The van der Waals surface area contributed by atoms with Crippen molar-refractivity contribution in [3.63, 3.8) is 0 Å². The van der Waals surface area contributed by atoms with E-state index < -0.39 is 0 Å². The Hall–Kier alpha value is -0.0800. The molecule has 5 aliphatic rings. The van der Waals surface area contributed by atoms with E-state index in [1.165, 1.54) is 64.5 Å². The van der Waals surface area contributed by atoms with Gasteiger partial charge in [-0.15, -0.1) is 0 Å². The van der Waals surface area contributed by atoms with Gasteiger partial charge < -0.3 is 5.32 Å². The van der Waals surface area contributed by atoms with E-state index in [-0.39, 0.29) is 0 Å². The van der Waals surface area contributed by atoms with Crippen molar-refractivity contribution in [2.24, 2.45) is 11.8 Å². The van der Waals surface area contributed by atoms with E-state index in [0.29, 0.717) is 0 Å². The van der Waals surface area contributed by atoms with E-state index >= 15 is 0 Å². The quantitative estimate of drug-likeness (QED) is 0.749. The molecule has 4 bridgehead atoms. The number of nitrogens with one attached hydrogen (secondary N) is 1. The third-order valence-corrected chi connectivity index (χ3v) is 5.94. The van der Waals surface area contributed by atoms with Gasteiger partial charge in [-0.1, -0.05) is 6.42 Å². The molecule has 5 atom stereocenters. The minimum atomic E-state index is 0.846. The Morgan fingerprint density at radius 1 is 0.824 bits per heavy atom. The number of hydrogen-bond acceptors (Lipinski definition) is 2.